The lowest BCUT2D eigenvalue weighted by Gasteiger charge is -2.21. The molecule has 0 aliphatic heterocycles. The zero-order chi connectivity index (χ0) is 15.6. The van der Waals surface area contributed by atoms with Gasteiger partial charge in [-0.1, -0.05) is 33.6 Å². The van der Waals surface area contributed by atoms with Crippen LogP contribution in [0.15, 0.2) is 34.8 Å². The van der Waals surface area contributed by atoms with Gasteiger partial charge in [-0.25, -0.2) is 4.39 Å². The highest BCUT2D eigenvalue weighted by Crippen LogP contribution is 2.35. The fourth-order valence-electron chi connectivity index (χ4n) is 2.29. The van der Waals surface area contributed by atoms with Crippen molar-refractivity contribution in [2.45, 2.75) is 13.0 Å². The van der Waals surface area contributed by atoms with E-state index in [1.807, 2.05) is 19.1 Å². The van der Waals surface area contributed by atoms with Gasteiger partial charge >= 0.3 is 0 Å². The van der Waals surface area contributed by atoms with Gasteiger partial charge in [0.1, 0.15) is 11.6 Å². The summed E-state index contributed by atoms with van der Waals surface area (Å²) in [5, 5.41) is 3.51. The second kappa shape index (κ2) is 6.77. The van der Waals surface area contributed by atoms with Crippen molar-refractivity contribution in [3.8, 4) is 5.75 Å². The third kappa shape index (κ3) is 3.39. The molecule has 0 bridgehead atoms. The predicted molar refractivity (Wildman–Crippen MR) is 87.7 cm³/mol. The highest BCUT2D eigenvalue weighted by Gasteiger charge is 2.21. The van der Waals surface area contributed by atoms with Gasteiger partial charge in [-0.05, 0) is 43.8 Å². The molecule has 2 aromatic rings. The molecule has 0 saturated carbocycles. The molecule has 0 radical (unpaired) electrons. The molecule has 0 amide bonds. The Kier molecular flexibility index (Phi) is 5.25. The average molecular weight is 373 g/mol. The molecule has 2 nitrogen and oxygen atoms in total. The molecule has 21 heavy (non-hydrogen) atoms. The molecular formula is C16H16BrClFNO. The summed E-state index contributed by atoms with van der Waals surface area (Å²) in [5.74, 6) is 0.366. The lowest BCUT2D eigenvalue weighted by Crippen LogP contribution is -2.20. The normalized spacial score (nSPS) is 12.3. The first kappa shape index (κ1) is 16.3. The Morgan fingerprint density at radius 2 is 1.95 bits per heavy atom. The van der Waals surface area contributed by atoms with Gasteiger partial charge in [0.25, 0.3) is 0 Å². The SMILES string of the molecule is CNC(c1ccc(Cl)cc1F)c1cc(Br)c(C)cc1OC. The van der Waals surface area contributed by atoms with Crippen LogP contribution in [-0.4, -0.2) is 14.2 Å². The van der Waals surface area contributed by atoms with E-state index < -0.39 is 0 Å². The highest BCUT2D eigenvalue weighted by atomic mass is 79.9. The molecule has 0 heterocycles. The molecule has 0 aromatic heterocycles. The van der Waals surface area contributed by atoms with Crippen molar-refractivity contribution in [2.75, 3.05) is 14.2 Å². The molecule has 1 atom stereocenters. The van der Waals surface area contributed by atoms with Crippen LogP contribution in [0.3, 0.4) is 0 Å². The number of rotatable bonds is 4. The van der Waals surface area contributed by atoms with Crippen molar-refractivity contribution in [2.24, 2.45) is 0 Å². The van der Waals surface area contributed by atoms with Crippen molar-refractivity contribution < 1.29 is 9.13 Å². The summed E-state index contributed by atoms with van der Waals surface area (Å²) in [6.45, 7) is 1.98. The number of benzene rings is 2. The summed E-state index contributed by atoms with van der Waals surface area (Å²) < 4.78 is 20.6. The quantitative estimate of drug-likeness (QED) is 0.827. The van der Waals surface area contributed by atoms with Crippen LogP contribution in [0.5, 0.6) is 5.75 Å². The Morgan fingerprint density at radius 3 is 2.52 bits per heavy atom. The van der Waals surface area contributed by atoms with E-state index in [1.165, 1.54) is 6.07 Å². The summed E-state index contributed by atoms with van der Waals surface area (Å²) in [6.07, 6.45) is 0. The van der Waals surface area contributed by atoms with Crippen LogP contribution in [0.1, 0.15) is 22.7 Å². The number of hydrogen-bond acceptors (Lipinski definition) is 2. The van der Waals surface area contributed by atoms with E-state index in [0.29, 0.717) is 16.3 Å². The molecule has 0 aliphatic carbocycles. The molecule has 2 rings (SSSR count). The molecule has 0 fully saturated rings. The standard InChI is InChI=1S/C16H16BrClFNO/c1-9-6-15(21-3)12(8-13(9)17)16(20-2)11-5-4-10(18)7-14(11)19/h4-8,16,20H,1-3H3. The molecular weight excluding hydrogens is 357 g/mol. The average Bonchev–Trinajstić information content (AvgIpc) is 2.45. The third-order valence-electron chi connectivity index (χ3n) is 3.38. The Morgan fingerprint density at radius 1 is 1.24 bits per heavy atom. The number of hydrogen-bond donors (Lipinski definition) is 1. The number of nitrogens with one attached hydrogen (secondary N) is 1. The van der Waals surface area contributed by atoms with E-state index in [1.54, 1.807) is 26.3 Å². The Labute approximate surface area is 137 Å². The third-order valence-corrected chi connectivity index (χ3v) is 4.47. The van der Waals surface area contributed by atoms with Crippen molar-refractivity contribution in [1.82, 2.24) is 5.32 Å². The van der Waals surface area contributed by atoms with Crippen molar-refractivity contribution >= 4 is 27.5 Å². The largest absolute Gasteiger partial charge is 0.496 e. The van der Waals surface area contributed by atoms with Gasteiger partial charge in [0.15, 0.2) is 0 Å². The summed E-state index contributed by atoms with van der Waals surface area (Å²) in [7, 11) is 3.39. The van der Waals surface area contributed by atoms with Gasteiger partial charge in [-0.15, -0.1) is 0 Å². The van der Waals surface area contributed by atoms with E-state index in [2.05, 4.69) is 21.2 Å². The molecule has 2 aromatic carbocycles. The summed E-state index contributed by atoms with van der Waals surface area (Å²) in [6, 6.07) is 8.23. The van der Waals surface area contributed by atoms with E-state index in [4.69, 9.17) is 16.3 Å². The zero-order valence-corrected chi connectivity index (χ0v) is 14.3. The first-order valence-electron chi connectivity index (χ1n) is 6.44. The fourth-order valence-corrected chi connectivity index (χ4v) is 2.81. The number of aryl methyl sites for hydroxylation is 1. The first-order valence-corrected chi connectivity index (χ1v) is 7.61. The Hall–Kier alpha value is -1.10. The van der Waals surface area contributed by atoms with E-state index in [9.17, 15) is 4.39 Å². The van der Waals surface area contributed by atoms with Gasteiger partial charge in [-0.3, -0.25) is 0 Å². The van der Waals surface area contributed by atoms with E-state index in [0.717, 1.165) is 15.6 Å². The minimum absolute atomic E-state index is 0.325. The second-order valence-corrected chi connectivity index (χ2v) is 6.02. The zero-order valence-electron chi connectivity index (χ0n) is 12.0. The van der Waals surface area contributed by atoms with Crippen molar-refractivity contribution in [1.29, 1.82) is 0 Å². The summed E-state index contributed by atoms with van der Waals surface area (Å²) in [4.78, 5) is 0. The van der Waals surface area contributed by atoms with Crippen molar-refractivity contribution in [3.63, 3.8) is 0 Å². The van der Waals surface area contributed by atoms with Crippen LogP contribution in [0, 0.1) is 12.7 Å². The number of ether oxygens (including phenoxy) is 1. The van der Waals surface area contributed by atoms with Gasteiger partial charge in [0.05, 0.1) is 13.2 Å². The molecule has 5 heteroatoms. The number of halogens is 3. The Bertz CT molecular complexity index is 663. The maximum Gasteiger partial charge on any atom is 0.129 e. The van der Waals surface area contributed by atoms with Crippen LogP contribution < -0.4 is 10.1 Å². The maximum absolute atomic E-state index is 14.2. The minimum atomic E-state index is -0.347. The summed E-state index contributed by atoms with van der Waals surface area (Å²) >= 11 is 9.33. The lowest BCUT2D eigenvalue weighted by atomic mass is 9.96. The smallest absolute Gasteiger partial charge is 0.129 e. The van der Waals surface area contributed by atoms with Gasteiger partial charge in [0.2, 0.25) is 0 Å². The lowest BCUT2D eigenvalue weighted by molar-refractivity contribution is 0.404. The minimum Gasteiger partial charge on any atom is -0.496 e. The molecule has 1 unspecified atom stereocenters. The molecule has 0 saturated heterocycles. The second-order valence-electron chi connectivity index (χ2n) is 4.73. The predicted octanol–water partition coefficient (Wildman–Crippen LogP) is 4.87. The van der Waals surface area contributed by atoms with Gasteiger partial charge in [0, 0.05) is 20.6 Å². The van der Waals surface area contributed by atoms with Gasteiger partial charge < -0.3 is 10.1 Å². The maximum atomic E-state index is 14.2. The molecule has 1 N–H and O–H groups in total. The molecule has 0 spiro atoms. The van der Waals surface area contributed by atoms with E-state index >= 15 is 0 Å². The number of methoxy groups -OCH3 is 1. The fraction of sp³-hybridized carbons (Fsp3) is 0.250. The van der Waals surface area contributed by atoms with Crippen LogP contribution in [-0.2, 0) is 0 Å². The first-order chi connectivity index (χ1) is 9.97. The monoisotopic (exact) mass is 371 g/mol. The van der Waals surface area contributed by atoms with Crippen molar-refractivity contribution in [3.05, 3.63) is 62.3 Å². The molecule has 0 aliphatic rings. The highest BCUT2D eigenvalue weighted by molar-refractivity contribution is 9.10. The van der Waals surface area contributed by atoms with Crippen LogP contribution in [0.4, 0.5) is 4.39 Å². The topological polar surface area (TPSA) is 21.3 Å². The Balaban J connectivity index is 2.58. The van der Waals surface area contributed by atoms with Crippen LogP contribution in [0.2, 0.25) is 5.02 Å². The van der Waals surface area contributed by atoms with Crippen LogP contribution >= 0.6 is 27.5 Å². The van der Waals surface area contributed by atoms with E-state index in [-0.39, 0.29) is 11.9 Å². The van der Waals surface area contributed by atoms with Gasteiger partial charge in [-0.2, -0.15) is 0 Å². The molecule has 112 valence electrons. The summed E-state index contributed by atoms with van der Waals surface area (Å²) in [5.41, 5.74) is 2.44. The van der Waals surface area contributed by atoms with Crippen LogP contribution in [0.25, 0.3) is 0 Å².